The van der Waals surface area contributed by atoms with Gasteiger partial charge in [-0.25, -0.2) is 9.97 Å². The van der Waals surface area contributed by atoms with E-state index in [9.17, 15) is 4.79 Å². The van der Waals surface area contributed by atoms with Gasteiger partial charge in [-0.3, -0.25) is 9.69 Å². The summed E-state index contributed by atoms with van der Waals surface area (Å²) in [5.74, 6) is 0.891. The van der Waals surface area contributed by atoms with Crippen LogP contribution in [0.1, 0.15) is 10.4 Å². The Morgan fingerprint density at radius 2 is 1.81 bits per heavy atom. The highest BCUT2D eigenvalue weighted by atomic mass is 127. The van der Waals surface area contributed by atoms with Crippen molar-refractivity contribution in [3.8, 4) is 0 Å². The Labute approximate surface area is 171 Å². The van der Waals surface area contributed by atoms with E-state index in [-0.39, 0.29) is 5.91 Å². The molecule has 1 aromatic heterocycles. The third-order valence-electron chi connectivity index (χ3n) is 4.98. The van der Waals surface area contributed by atoms with E-state index in [1.54, 1.807) is 24.5 Å². The van der Waals surface area contributed by atoms with Gasteiger partial charge in [0.05, 0.1) is 5.02 Å². The van der Waals surface area contributed by atoms with E-state index < -0.39 is 0 Å². The van der Waals surface area contributed by atoms with Crippen LogP contribution >= 0.6 is 34.2 Å². The number of nitrogens with zero attached hydrogens (tertiary/aromatic N) is 5. The molecular formula is C18H19ClIN5O. The molecule has 0 N–H and O–H groups in total. The highest BCUT2D eigenvalue weighted by Crippen LogP contribution is 2.24. The van der Waals surface area contributed by atoms with Crippen molar-refractivity contribution in [2.24, 2.45) is 0 Å². The molecule has 2 saturated heterocycles. The van der Waals surface area contributed by atoms with Crippen LogP contribution in [0.4, 0.5) is 5.95 Å². The fraction of sp³-hybridized carbons (Fsp3) is 0.389. The molecule has 26 heavy (non-hydrogen) atoms. The summed E-state index contributed by atoms with van der Waals surface area (Å²) in [6.45, 7) is 5.38. The van der Waals surface area contributed by atoms with Gasteiger partial charge in [-0.05, 0) is 46.9 Å². The number of likely N-dealkylation sites (tertiary alicyclic amines) is 1. The van der Waals surface area contributed by atoms with Crippen molar-refractivity contribution in [3.05, 3.63) is 50.8 Å². The van der Waals surface area contributed by atoms with E-state index >= 15 is 0 Å². The van der Waals surface area contributed by atoms with Gasteiger partial charge < -0.3 is 9.80 Å². The number of halogens is 2. The number of carbonyl (C=O) groups excluding carboxylic acids is 1. The third-order valence-corrected chi connectivity index (χ3v) is 6.52. The van der Waals surface area contributed by atoms with Crippen molar-refractivity contribution in [2.45, 2.75) is 6.04 Å². The van der Waals surface area contributed by atoms with Crippen molar-refractivity contribution < 1.29 is 4.79 Å². The second-order valence-corrected chi connectivity index (χ2v) is 8.13. The second kappa shape index (κ2) is 7.66. The van der Waals surface area contributed by atoms with Crippen molar-refractivity contribution in [1.82, 2.24) is 19.8 Å². The lowest BCUT2D eigenvalue weighted by atomic mass is 10.0. The molecule has 0 aliphatic carbocycles. The first kappa shape index (κ1) is 17.9. The molecule has 1 amide bonds. The third kappa shape index (κ3) is 3.65. The van der Waals surface area contributed by atoms with Gasteiger partial charge in [0.1, 0.15) is 0 Å². The number of benzene rings is 1. The zero-order chi connectivity index (χ0) is 18.1. The Morgan fingerprint density at radius 3 is 2.46 bits per heavy atom. The van der Waals surface area contributed by atoms with E-state index in [2.05, 4.69) is 42.4 Å². The standard InChI is InChI=1S/C18H19ClIN5O/c19-15-3-2-13(10-16(15)20)17(26)25-11-14(12-25)23-6-8-24(9-7-23)18-21-4-1-5-22-18/h1-5,10,14H,6-9,11-12H2. The minimum Gasteiger partial charge on any atom is -0.338 e. The smallest absolute Gasteiger partial charge is 0.254 e. The molecule has 0 unspecified atom stereocenters. The molecular weight excluding hydrogens is 465 g/mol. The lowest BCUT2D eigenvalue weighted by Gasteiger charge is -2.48. The second-order valence-electron chi connectivity index (χ2n) is 6.56. The van der Waals surface area contributed by atoms with E-state index in [0.717, 1.165) is 48.8 Å². The minimum absolute atomic E-state index is 0.0900. The maximum Gasteiger partial charge on any atom is 0.254 e. The molecule has 136 valence electrons. The van der Waals surface area contributed by atoms with Crippen molar-refractivity contribution in [3.63, 3.8) is 0 Å². The SMILES string of the molecule is O=C(c1ccc(Cl)c(I)c1)N1CC(N2CCN(c3ncccn3)CC2)C1. The van der Waals surface area contributed by atoms with Crippen LogP contribution in [0.25, 0.3) is 0 Å². The highest BCUT2D eigenvalue weighted by Gasteiger charge is 2.36. The van der Waals surface area contributed by atoms with Crippen molar-refractivity contribution >= 4 is 46.0 Å². The largest absolute Gasteiger partial charge is 0.338 e. The summed E-state index contributed by atoms with van der Waals surface area (Å²) in [7, 11) is 0. The van der Waals surface area contributed by atoms with E-state index in [1.807, 2.05) is 17.0 Å². The number of amides is 1. The molecule has 0 atom stereocenters. The first-order valence-electron chi connectivity index (χ1n) is 8.62. The van der Waals surface area contributed by atoms with Crippen LogP contribution in [0.3, 0.4) is 0 Å². The van der Waals surface area contributed by atoms with Crippen molar-refractivity contribution in [2.75, 3.05) is 44.2 Å². The van der Waals surface area contributed by atoms with Crippen LogP contribution < -0.4 is 4.90 Å². The molecule has 8 heteroatoms. The summed E-state index contributed by atoms with van der Waals surface area (Å²) in [6, 6.07) is 7.74. The molecule has 2 fully saturated rings. The molecule has 0 saturated carbocycles. The molecule has 0 bridgehead atoms. The Kier molecular flexibility index (Phi) is 5.28. The molecule has 2 aromatic rings. The molecule has 2 aliphatic heterocycles. The number of hydrogen-bond donors (Lipinski definition) is 0. The minimum atomic E-state index is 0.0900. The number of carbonyl (C=O) groups is 1. The summed E-state index contributed by atoms with van der Waals surface area (Å²) in [4.78, 5) is 27.8. The average Bonchev–Trinajstić information content (AvgIpc) is 2.64. The highest BCUT2D eigenvalue weighted by molar-refractivity contribution is 14.1. The number of piperazine rings is 1. The monoisotopic (exact) mass is 483 g/mol. The van der Waals surface area contributed by atoms with Crippen LogP contribution in [0, 0.1) is 3.57 Å². The zero-order valence-electron chi connectivity index (χ0n) is 14.2. The average molecular weight is 484 g/mol. The van der Waals surface area contributed by atoms with Crippen LogP contribution in [0.15, 0.2) is 36.7 Å². The first-order valence-corrected chi connectivity index (χ1v) is 10.1. The van der Waals surface area contributed by atoms with Gasteiger partial charge in [0.2, 0.25) is 5.95 Å². The normalized spacial score (nSPS) is 18.7. The maximum atomic E-state index is 12.6. The fourth-order valence-corrected chi connectivity index (χ4v) is 4.04. The van der Waals surface area contributed by atoms with Crippen molar-refractivity contribution in [1.29, 1.82) is 0 Å². The summed E-state index contributed by atoms with van der Waals surface area (Å²) in [5.41, 5.74) is 0.711. The molecule has 0 spiro atoms. The predicted octanol–water partition coefficient (Wildman–Crippen LogP) is 2.38. The van der Waals surface area contributed by atoms with Gasteiger partial charge in [0, 0.05) is 66.8 Å². The van der Waals surface area contributed by atoms with Gasteiger partial charge in [-0.2, -0.15) is 0 Å². The van der Waals surface area contributed by atoms with Gasteiger partial charge in [0.15, 0.2) is 0 Å². The topological polar surface area (TPSA) is 52.6 Å². The van der Waals surface area contributed by atoms with Gasteiger partial charge >= 0.3 is 0 Å². The number of anilines is 1. The predicted molar refractivity (Wildman–Crippen MR) is 110 cm³/mol. The van der Waals surface area contributed by atoms with E-state index in [1.165, 1.54) is 0 Å². The summed E-state index contributed by atoms with van der Waals surface area (Å²) in [6.07, 6.45) is 3.56. The Morgan fingerprint density at radius 1 is 1.12 bits per heavy atom. The molecule has 6 nitrogen and oxygen atoms in total. The van der Waals surface area contributed by atoms with Gasteiger partial charge in [-0.1, -0.05) is 11.6 Å². The van der Waals surface area contributed by atoms with E-state index in [4.69, 9.17) is 11.6 Å². The van der Waals surface area contributed by atoms with Crippen LogP contribution in [-0.2, 0) is 0 Å². The molecule has 4 rings (SSSR count). The molecule has 0 radical (unpaired) electrons. The van der Waals surface area contributed by atoms with Gasteiger partial charge in [0.25, 0.3) is 5.91 Å². The number of aromatic nitrogens is 2. The summed E-state index contributed by atoms with van der Waals surface area (Å²) < 4.78 is 0.909. The Hall–Kier alpha value is -1.45. The maximum absolute atomic E-state index is 12.6. The lowest BCUT2D eigenvalue weighted by molar-refractivity contribution is 0.0246. The Balaban J connectivity index is 1.29. The number of rotatable bonds is 3. The van der Waals surface area contributed by atoms with Gasteiger partial charge in [-0.15, -0.1) is 0 Å². The Bertz CT molecular complexity index is 791. The fourth-order valence-electron chi connectivity index (χ4n) is 3.41. The molecule has 1 aromatic carbocycles. The van der Waals surface area contributed by atoms with Crippen LogP contribution in [0.2, 0.25) is 5.02 Å². The quantitative estimate of drug-likeness (QED) is 0.628. The first-order chi connectivity index (χ1) is 12.6. The molecule has 3 heterocycles. The lowest BCUT2D eigenvalue weighted by Crippen LogP contribution is -2.64. The summed E-state index contributed by atoms with van der Waals surface area (Å²) in [5, 5.41) is 0.684. The van der Waals surface area contributed by atoms with Crippen LogP contribution in [0.5, 0.6) is 0 Å². The zero-order valence-corrected chi connectivity index (χ0v) is 17.1. The van der Waals surface area contributed by atoms with Crippen LogP contribution in [-0.4, -0.2) is 71.0 Å². The summed E-state index contributed by atoms with van der Waals surface area (Å²) >= 11 is 8.20. The molecule has 2 aliphatic rings. The van der Waals surface area contributed by atoms with E-state index in [0.29, 0.717) is 16.6 Å². The number of hydrogen-bond acceptors (Lipinski definition) is 5.